The number of aryl methyl sites for hydroxylation is 1. The van der Waals surface area contributed by atoms with Gasteiger partial charge in [-0.15, -0.1) is 11.3 Å². The molecule has 1 heterocycles. The second-order valence-electron chi connectivity index (χ2n) is 4.22. The smallest absolute Gasteiger partial charge is 0.271 e. The molecule has 0 atom stereocenters. The molecule has 0 aliphatic carbocycles. The first-order valence-corrected chi connectivity index (χ1v) is 8.68. The van der Waals surface area contributed by atoms with Gasteiger partial charge in [0.15, 0.2) is 0 Å². The molecular weight excluding hydrogens is 328 g/mol. The van der Waals surface area contributed by atoms with Crippen molar-refractivity contribution in [2.24, 2.45) is 5.73 Å². The number of nitrogens with one attached hydrogen (secondary N) is 1. The zero-order chi connectivity index (χ0) is 15.5. The van der Waals surface area contributed by atoms with E-state index in [2.05, 4.69) is 16.6 Å². The van der Waals surface area contributed by atoms with Crippen LogP contribution in [-0.4, -0.2) is 15.0 Å². The van der Waals surface area contributed by atoms with Crippen molar-refractivity contribution in [1.82, 2.24) is 0 Å². The predicted molar refractivity (Wildman–Crippen MR) is 87.2 cm³/mol. The molecule has 0 bridgehead atoms. The lowest BCUT2D eigenvalue weighted by molar-refractivity contribution is 0.603. The SMILES string of the molecule is Cc1ccc(C#CCN)c(NS(=O)(=O)c2ccc(Cl)s2)c1. The molecule has 0 amide bonds. The lowest BCUT2D eigenvalue weighted by Crippen LogP contribution is -2.12. The highest BCUT2D eigenvalue weighted by Gasteiger charge is 2.18. The highest BCUT2D eigenvalue weighted by molar-refractivity contribution is 7.94. The van der Waals surface area contributed by atoms with Crippen LogP contribution in [0, 0.1) is 18.8 Å². The van der Waals surface area contributed by atoms with Gasteiger partial charge in [0.2, 0.25) is 0 Å². The maximum atomic E-state index is 12.3. The number of sulfonamides is 1. The van der Waals surface area contributed by atoms with Crippen LogP contribution in [-0.2, 0) is 10.0 Å². The topological polar surface area (TPSA) is 72.2 Å². The number of hydrogen-bond acceptors (Lipinski definition) is 4. The van der Waals surface area contributed by atoms with Crippen molar-refractivity contribution in [2.45, 2.75) is 11.1 Å². The summed E-state index contributed by atoms with van der Waals surface area (Å²) in [4.78, 5) is 0. The zero-order valence-corrected chi connectivity index (χ0v) is 13.6. The van der Waals surface area contributed by atoms with Crippen LogP contribution in [0.3, 0.4) is 0 Å². The van der Waals surface area contributed by atoms with Gasteiger partial charge in [0.25, 0.3) is 10.0 Å². The first kappa shape index (κ1) is 15.9. The van der Waals surface area contributed by atoms with E-state index in [0.717, 1.165) is 16.9 Å². The number of nitrogens with two attached hydrogens (primary N) is 1. The molecule has 3 N–H and O–H groups in total. The van der Waals surface area contributed by atoms with Crippen LogP contribution in [0.2, 0.25) is 4.34 Å². The molecule has 0 aliphatic heterocycles. The van der Waals surface area contributed by atoms with E-state index in [9.17, 15) is 8.42 Å². The molecule has 110 valence electrons. The summed E-state index contributed by atoms with van der Waals surface area (Å²) in [5.41, 5.74) is 7.29. The fourth-order valence-corrected chi connectivity index (χ4v) is 4.19. The van der Waals surface area contributed by atoms with Gasteiger partial charge in [-0.05, 0) is 36.8 Å². The highest BCUT2D eigenvalue weighted by atomic mass is 35.5. The Balaban J connectivity index is 2.41. The predicted octanol–water partition coefficient (Wildman–Crippen LogP) is 2.82. The maximum Gasteiger partial charge on any atom is 0.271 e. The Morgan fingerprint density at radius 1 is 1.33 bits per heavy atom. The largest absolute Gasteiger partial charge is 0.320 e. The van der Waals surface area contributed by atoms with Crippen LogP contribution in [0.15, 0.2) is 34.5 Å². The number of anilines is 1. The fraction of sp³-hybridized carbons (Fsp3) is 0.143. The lowest BCUT2D eigenvalue weighted by Gasteiger charge is -2.09. The third-order valence-electron chi connectivity index (χ3n) is 2.56. The molecule has 21 heavy (non-hydrogen) atoms. The van der Waals surface area contributed by atoms with E-state index < -0.39 is 10.0 Å². The van der Waals surface area contributed by atoms with Crippen molar-refractivity contribution in [3.05, 3.63) is 45.8 Å². The van der Waals surface area contributed by atoms with E-state index in [4.69, 9.17) is 17.3 Å². The minimum atomic E-state index is -3.67. The lowest BCUT2D eigenvalue weighted by atomic mass is 10.1. The molecule has 1 aromatic heterocycles. The summed E-state index contributed by atoms with van der Waals surface area (Å²) in [6.45, 7) is 2.08. The standard InChI is InChI=1S/C14H13ClN2O2S2/c1-10-4-5-11(3-2-8-16)12(9-10)17-21(18,19)14-7-6-13(15)20-14/h4-7,9,17H,8,16H2,1H3. The summed E-state index contributed by atoms with van der Waals surface area (Å²) >= 11 is 6.79. The average molecular weight is 341 g/mol. The molecule has 0 saturated heterocycles. The quantitative estimate of drug-likeness (QED) is 0.844. The summed E-state index contributed by atoms with van der Waals surface area (Å²) in [5.74, 6) is 5.57. The number of thiophene rings is 1. The van der Waals surface area contributed by atoms with Crippen molar-refractivity contribution in [3.63, 3.8) is 0 Å². The maximum absolute atomic E-state index is 12.3. The summed E-state index contributed by atoms with van der Waals surface area (Å²) in [7, 11) is -3.67. The minimum absolute atomic E-state index is 0.159. The fourth-order valence-electron chi connectivity index (χ4n) is 1.63. The second-order valence-corrected chi connectivity index (χ2v) is 7.84. The zero-order valence-electron chi connectivity index (χ0n) is 11.2. The summed E-state index contributed by atoms with van der Waals surface area (Å²) in [5, 5.41) is 0. The van der Waals surface area contributed by atoms with Crippen molar-refractivity contribution in [1.29, 1.82) is 0 Å². The van der Waals surface area contributed by atoms with Crippen LogP contribution in [0.1, 0.15) is 11.1 Å². The van der Waals surface area contributed by atoms with Gasteiger partial charge in [-0.1, -0.05) is 29.5 Å². The third kappa shape index (κ3) is 3.99. The van der Waals surface area contributed by atoms with Crippen LogP contribution in [0.25, 0.3) is 0 Å². The molecule has 2 aromatic rings. The van der Waals surface area contributed by atoms with Crippen molar-refractivity contribution >= 4 is 38.6 Å². The van der Waals surface area contributed by atoms with Crippen molar-refractivity contribution in [2.75, 3.05) is 11.3 Å². The summed E-state index contributed by atoms with van der Waals surface area (Å²) < 4.78 is 27.8. The van der Waals surface area contributed by atoms with E-state index in [1.54, 1.807) is 18.2 Å². The van der Waals surface area contributed by atoms with E-state index in [1.807, 2.05) is 13.0 Å². The first-order chi connectivity index (χ1) is 9.92. The Labute approximate surface area is 133 Å². The van der Waals surface area contributed by atoms with E-state index in [1.165, 1.54) is 6.07 Å². The van der Waals surface area contributed by atoms with Gasteiger partial charge in [0.05, 0.1) is 16.6 Å². The molecule has 0 unspecified atom stereocenters. The van der Waals surface area contributed by atoms with Crippen molar-refractivity contribution < 1.29 is 8.42 Å². The summed E-state index contributed by atoms with van der Waals surface area (Å²) in [6.07, 6.45) is 0. The second kappa shape index (κ2) is 6.50. The van der Waals surface area contributed by atoms with Gasteiger partial charge in [-0.3, -0.25) is 4.72 Å². The van der Waals surface area contributed by atoms with Gasteiger partial charge in [-0.2, -0.15) is 0 Å². The Morgan fingerprint density at radius 3 is 2.71 bits per heavy atom. The van der Waals surface area contributed by atoms with E-state index in [0.29, 0.717) is 15.6 Å². The van der Waals surface area contributed by atoms with Crippen LogP contribution >= 0.6 is 22.9 Å². The Hall–Kier alpha value is -1.52. The molecule has 0 saturated carbocycles. The van der Waals surface area contributed by atoms with E-state index >= 15 is 0 Å². The number of halogens is 1. The molecule has 4 nitrogen and oxygen atoms in total. The minimum Gasteiger partial charge on any atom is -0.320 e. The normalized spacial score (nSPS) is 10.8. The van der Waals surface area contributed by atoms with Crippen LogP contribution in [0.5, 0.6) is 0 Å². The van der Waals surface area contributed by atoms with Gasteiger partial charge < -0.3 is 5.73 Å². The molecule has 0 aliphatic rings. The Morgan fingerprint density at radius 2 is 2.10 bits per heavy atom. The highest BCUT2D eigenvalue weighted by Crippen LogP contribution is 2.28. The molecule has 0 spiro atoms. The molecule has 0 fully saturated rings. The molecule has 0 radical (unpaired) electrons. The molecule has 1 aromatic carbocycles. The molecular formula is C14H13ClN2O2S2. The monoisotopic (exact) mass is 340 g/mol. The number of benzene rings is 1. The number of hydrogen-bond donors (Lipinski definition) is 2. The van der Waals surface area contributed by atoms with Gasteiger partial charge in [0.1, 0.15) is 4.21 Å². The Bertz CT molecular complexity index is 817. The average Bonchev–Trinajstić information content (AvgIpc) is 2.85. The molecule has 2 rings (SSSR count). The number of rotatable bonds is 3. The van der Waals surface area contributed by atoms with E-state index in [-0.39, 0.29) is 10.8 Å². The third-order valence-corrected chi connectivity index (χ3v) is 5.65. The van der Waals surface area contributed by atoms with Gasteiger partial charge in [0, 0.05) is 5.56 Å². The van der Waals surface area contributed by atoms with Crippen LogP contribution < -0.4 is 10.5 Å². The first-order valence-electron chi connectivity index (χ1n) is 6.00. The van der Waals surface area contributed by atoms with Crippen molar-refractivity contribution in [3.8, 4) is 11.8 Å². The Kier molecular flexibility index (Phi) is 4.91. The van der Waals surface area contributed by atoms with Crippen LogP contribution in [0.4, 0.5) is 5.69 Å². The summed E-state index contributed by atoms with van der Waals surface area (Å²) in [6, 6.07) is 8.37. The van der Waals surface area contributed by atoms with Gasteiger partial charge in [-0.25, -0.2) is 8.42 Å². The molecule has 7 heteroatoms. The van der Waals surface area contributed by atoms with Gasteiger partial charge >= 0.3 is 0 Å².